The Kier molecular flexibility index (Phi) is 8.20. The smallest absolute Gasteiger partial charge is 0.135 e. The van der Waals surface area contributed by atoms with Gasteiger partial charge in [0.1, 0.15) is 5.78 Å². The number of Topliss-reactive ketones (excluding diaryl/α,β-unsaturated/α-hetero) is 1. The van der Waals surface area contributed by atoms with Crippen LogP contribution in [0, 0.1) is 5.92 Å². The van der Waals surface area contributed by atoms with Crippen LogP contribution in [0.25, 0.3) is 0 Å². The highest BCUT2D eigenvalue weighted by Gasteiger charge is 2.20. The Bertz CT molecular complexity index is 278. The van der Waals surface area contributed by atoms with Crippen molar-refractivity contribution in [1.29, 1.82) is 0 Å². The maximum absolute atomic E-state index is 11.4. The molecular formula is C17H26O. The first kappa shape index (κ1) is 14.9. The summed E-state index contributed by atoms with van der Waals surface area (Å²) in [4.78, 5) is 11.4. The zero-order valence-electron chi connectivity index (χ0n) is 11.6. The second kappa shape index (κ2) is 9.87. The first-order valence-corrected chi connectivity index (χ1v) is 7.37. The molecule has 0 radical (unpaired) electrons. The fourth-order valence-corrected chi connectivity index (χ4v) is 2.39. The maximum Gasteiger partial charge on any atom is 0.135 e. The summed E-state index contributed by atoms with van der Waals surface area (Å²) in [6.07, 6.45) is 9.43. The van der Waals surface area contributed by atoms with Gasteiger partial charge in [-0.05, 0) is 19.3 Å². The van der Waals surface area contributed by atoms with Gasteiger partial charge in [-0.2, -0.15) is 0 Å². The second-order valence-corrected chi connectivity index (χ2v) is 5.06. The average Bonchev–Trinajstić information content (AvgIpc) is 2.44. The minimum absolute atomic E-state index is 0.435. The van der Waals surface area contributed by atoms with Gasteiger partial charge in [0.05, 0.1) is 0 Å². The van der Waals surface area contributed by atoms with E-state index in [0.29, 0.717) is 11.7 Å². The number of benzene rings is 1. The summed E-state index contributed by atoms with van der Waals surface area (Å²) < 4.78 is 0. The van der Waals surface area contributed by atoms with Gasteiger partial charge >= 0.3 is 0 Å². The summed E-state index contributed by atoms with van der Waals surface area (Å²) in [5, 5.41) is 0. The summed E-state index contributed by atoms with van der Waals surface area (Å²) in [6, 6.07) is 12.0. The molecule has 1 saturated carbocycles. The molecule has 1 nitrogen and oxygen atoms in total. The molecule has 1 aliphatic carbocycles. The monoisotopic (exact) mass is 246 g/mol. The Morgan fingerprint density at radius 1 is 1.00 bits per heavy atom. The number of carbonyl (C=O) groups excluding carboxylic acids is 1. The molecule has 1 aromatic rings. The van der Waals surface area contributed by atoms with Crippen LogP contribution in [0.4, 0.5) is 0 Å². The van der Waals surface area contributed by atoms with Crippen molar-refractivity contribution >= 4 is 5.78 Å². The van der Waals surface area contributed by atoms with Crippen LogP contribution in [0.5, 0.6) is 0 Å². The highest BCUT2D eigenvalue weighted by atomic mass is 16.1. The van der Waals surface area contributed by atoms with Gasteiger partial charge in [0.25, 0.3) is 0 Å². The van der Waals surface area contributed by atoms with E-state index in [1.807, 2.05) is 36.4 Å². The zero-order valence-corrected chi connectivity index (χ0v) is 11.6. The van der Waals surface area contributed by atoms with Crippen LogP contribution in [-0.4, -0.2) is 5.78 Å². The van der Waals surface area contributed by atoms with Gasteiger partial charge in [-0.25, -0.2) is 0 Å². The highest BCUT2D eigenvalue weighted by molar-refractivity contribution is 5.81. The molecule has 0 aromatic heterocycles. The second-order valence-electron chi connectivity index (χ2n) is 5.06. The highest BCUT2D eigenvalue weighted by Crippen LogP contribution is 2.25. The van der Waals surface area contributed by atoms with Gasteiger partial charge in [0.15, 0.2) is 0 Å². The zero-order chi connectivity index (χ0) is 13.1. The van der Waals surface area contributed by atoms with Crippen molar-refractivity contribution in [3.8, 4) is 0 Å². The van der Waals surface area contributed by atoms with Crippen LogP contribution in [0.2, 0.25) is 0 Å². The van der Waals surface area contributed by atoms with E-state index in [1.54, 1.807) is 0 Å². The fraction of sp³-hybridized carbons (Fsp3) is 0.588. The van der Waals surface area contributed by atoms with E-state index in [9.17, 15) is 4.79 Å². The quantitative estimate of drug-likeness (QED) is 0.682. The standard InChI is InChI=1S/C11H20O.C6H6/c1-2-3-4-7-10-8-5-6-9-11(10)12;1-2-4-6-5-3-1/h10H,2-9H2,1H3;1-6H. The Hall–Kier alpha value is -1.11. The molecule has 18 heavy (non-hydrogen) atoms. The van der Waals surface area contributed by atoms with Crippen molar-refractivity contribution in [3.63, 3.8) is 0 Å². The minimum Gasteiger partial charge on any atom is -0.299 e. The van der Waals surface area contributed by atoms with Crippen molar-refractivity contribution < 1.29 is 4.79 Å². The molecule has 1 aliphatic rings. The van der Waals surface area contributed by atoms with Crippen molar-refractivity contribution in [3.05, 3.63) is 36.4 Å². The van der Waals surface area contributed by atoms with E-state index >= 15 is 0 Å². The number of rotatable bonds is 4. The molecule has 0 N–H and O–H groups in total. The van der Waals surface area contributed by atoms with E-state index < -0.39 is 0 Å². The fourth-order valence-electron chi connectivity index (χ4n) is 2.39. The minimum atomic E-state index is 0.435. The molecule has 0 spiro atoms. The van der Waals surface area contributed by atoms with Gasteiger partial charge in [-0.3, -0.25) is 4.79 Å². The number of hydrogen-bond donors (Lipinski definition) is 0. The van der Waals surface area contributed by atoms with Gasteiger partial charge < -0.3 is 0 Å². The maximum atomic E-state index is 11.4. The Morgan fingerprint density at radius 2 is 1.61 bits per heavy atom. The summed E-state index contributed by atoms with van der Waals surface area (Å²) in [5.41, 5.74) is 0. The first-order valence-electron chi connectivity index (χ1n) is 7.37. The summed E-state index contributed by atoms with van der Waals surface area (Å²) in [5.74, 6) is 0.975. The Morgan fingerprint density at radius 3 is 2.11 bits per heavy atom. The molecule has 0 heterocycles. The predicted octanol–water partition coefficient (Wildman–Crippen LogP) is 5.01. The van der Waals surface area contributed by atoms with Crippen molar-refractivity contribution in [1.82, 2.24) is 0 Å². The SMILES string of the molecule is CCCCCC1CCCCC1=O.c1ccccc1. The molecule has 1 aromatic carbocycles. The number of ketones is 1. The summed E-state index contributed by atoms with van der Waals surface area (Å²) in [7, 11) is 0. The molecule has 1 fully saturated rings. The third kappa shape index (κ3) is 6.58. The van der Waals surface area contributed by atoms with Crippen LogP contribution in [0.3, 0.4) is 0 Å². The van der Waals surface area contributed by atoms with Crippen LogP contribution in [-0.2, 0) is 4.79 Å². The lowest BCUT2D eigenvalue weighted by Crippen LogP contribution is -2.18. The van der Waals surface area contributed by atoms with E-state index in [1.165, 1.54) is 32.1 Å². The average molecular weight is 246 g/mol. The molecular weight excluding hydrogens is 220 g/mol. The van der Waals surface area contributed by atoms with Crippen LogP contribution < -0.4 is 0 Å². The third-order valence-corrected chi connectivity index (χ3v) is 3.50. The van der Waals surface area contributed by atoms with E-state index in [0.717, 1.165) is 19.3 Å². The molecule has 0 bridgehead atoms. The summed E-state index contributed by atoms with van der Waals surface area (Å²) in [6.45, 7) is 2.21. The van der Waals surface area contributed by atoms with Crippen LogP contribution >= 0.6 is 0 Å². The van der Waals surface area contributed by atoms with E-state index in [4.69, 9.17) is 0 Å². The van der Waals surface area contributed by atoms with Gasteiger partial charge in [-0.15, -0.1) is 0 Å². The molecule has 1 atom stereocenters. The lowest BCUT2D eigenvalue weighted by atomic mass is 9.84. The van der Waals surface area contributed by atoms with Crippen LogP contribution in [0.1, 0.15) is 58.3 Å². The van der Waals surface area contributed by atoms with Crippen molar-refractivity contribution in [2.75, 3.05) is 0 Å². The Balaban J connectivity index is 0.000000225. The lowest BCUT2D eigenvalue weighted by Gasteiger charge is -2.19. The first-order chi connectivity index (χ1) is 8.84. The molecule has 1 unspecified atom stereocenters. The number of unbranched alkanes of at least 4 members (excludes halogenated alkanes) is 2. The van der Waals surface area contributed by atoms with Gasteiger partial charge in [0.2, 0.25) is 0 Å². The molecule has 0 aliphatic heterocycles. The van der Waals surface area contributed by atoms with Crippen molar-refractivity contribution in [2.45, 2.75) is 58.3 Å². The van der Waals surface area contributed by atoms with Gasteiger partial charge in [-0.1, -0.05) is 69.0 Å². The molecule has 100 valence electrons. The third-order valence-electron chi connectivity index (χ3n) is 3.50. The topological polar surface area (TPSA) is 17.1 Å². The number of carbonyl (C=O) groups is 1. The molecule has 0 saturated heterocycles. The van der Waals surface area contributed by atoms with E-state index in [-0.39, 0.29) is 0 Å². The molecule has 0 amide bonds. The number of hydrogen-bond acceptors (Lipinski definition) is 1. The molecule has 1 heteroatoms. The van der Waals surface area contributed by atoms with Crippen molar-refractivity contribution in [2.24, 2.45) is 5.92 Å². The van der Waals surface area contributed by atoms with Crippen LogP contribution in [0.15, 0.2) is 36.4 Å². The van der Waals surface area contributed by atoms with Gasteiger partial charge in [0, 0.05) is 12.3 Å². The predicted molar refractivity (Wildman–Crippen MR) is 77.5 cm³/mol. The Labute approximate surface area is 112 Å². The normalized spacial score (nSPS) is 18.9. The molecule has 2 rings (SSSR count). The summed E-state index contributed by atoms with van der Waals surface area (Å²) >= 11 is 0. The largest absolute Gasteiger partial charge is 0.299 e. The van der Waals surface area contributed by atoms with E-state index in [2.05, 4.69) is 6.92 Å². The lowest BCUT2D eigenvalue weighted by molar-refractivity contribution is -0.124.